The Balaban J connectivity index is 2.77. The van der Waals surface area contributed by atoms with Crippen LogP contribution in [0.3, 0.4) is 0 Å². The molecule has 0 atom stereocenters. The highest BCUT2D eigenvalue weighted by Crippen LogP contribution is 2.22. The van der Waals surface area contributed by atoms with Gasteiger partial charge in [0.15, 0.2) is 0 Å². The van der Waals surface area contributed by atoms with Crippen molar-refractivity contribution in [3.8, 4) is 0 Å². The zero-order valence-corrected chi connectivity index (χ0v) is 14.5. The second kappa shape index (κ2) is 6.67. The molecule has 0 radical (unpaired) electrons. The average molecular weight is 300 g/mol. The Morgan fingerprint density at radius 1 is 0.895 bits per heavy atom. The predicted octanol–water partition coefficient (Wildman–Crippen LogP) is 2.06. The molecule has 0 saturated heterocycles. The lowest BCUT2D eigenvalue weighted by molar-refractivity contribution is 0.125. The van der Waals surface area contributed by atoms with Crippen molar-refractivity contribution in [3.63, 3.8) is 0 Å². The molecule has 19 heavy (non-hydrogen) atoms. The van der Waals surface area contributed by atoms with Crippen molar-refractivity contribution in [3.05, 3.63) is 24.3 Å². The normalized spacial score (nSPS) is 12.7. The summed E-state index contributed by atoms with van der Waals surface area (Å²) in [5.74, 6) is 0. The van der Waals surface area contributed by atoms with Crippen LogP contribution in [0.5, 0.6) is 0 Å². The molecule has 0 aliphatic heterocycles. The zero-order valence-electron chi connectivity index (χ0n) is 12.5. The second-order valence-electron chi connectivity index (χ2n) is 5.30. The molecule has 0 amide bonds. The Labute approximate surface area is 118 Å². The predicted molar refractivity (Wildman–Crippen MR) is 84.4 cm³/mol. The molecule has 0 aromatic heterocycles. The fourth-order valence-corrected chi connectivity index (χ4v) is 8.30. The van der Waals surface area contributed by atoms with Gasteiger partial charge in [-0.2, -0.15) is 0 Å². The molecule has 108 valence electrons. The summed E-state index contributed by atoms with van der Waals surface area (Å²) in [4.78, 5) is 0. The molecule has 0 fully saturated rings. The quantitative estimate of drug-likeness (QED) is 0.618. The smallest absolute Gasteiger partial charge is 0.399 e. The summed E-state index contributed by atoms with van der Waals surface area (Å²) in [6.45, 7) is 4.69. The number of nitrogen functional groups attached to an aromatic ring is 1. The highest BCUT2D eigenvalue weighted by molar-refractivity contribution is 6.90. The molecule has 1 rings (SSSR count). The first-order chi connectivity index (χ1) is 8.89. The topological polar surface area (TPSA) is 53.7 Å². The number of nitrogens with two attached hydrogens (primary N) is 1. The number of benzene rings is 1. The summed E-state index contributed by atoms with van der Waals surface area (Å²) in [7, 11) is 1.01. The summed E-state index contributed by atoms with van der Waals surface area (Å²) in [6, 6.07) is 10.1. The lowest BCUT2D eigenvalue weighted by Crippen LogP contribution is -2.48. The third-order valence-electron chi connectivity index (χ3n) is 3.68. The van der Waals surface area contributed by atoms with Crippen LogP contribution in [0.15, 0.2) is 24.3 Å². The van der Waals surface area contributed by atoms with E-state index >= 15 is 0 Å². The van der Waals surface area contributed by atoms with Crippen LogP contribution in [0.1, 0.15) is 0 Å². The molecule has 0 aliphatic carbocycles. The van der Waals surface area contributed by atoms with Gasteiger partial charge in [0, 0.05) is 33.1 Å². The van der Waals surface area contributed by atoms with Crippen molar-refractivity contribution in [1.29, 1.82) is 0 Å². The van der Waals surface area contributed by atoms with Crippen LogP contribution in [0, 0.1) is 0 Å². The summed E-state index contributed by atoms with van der Waals surface area (Å²) in [5.41, 5.74) is 6.55. The molecule has 0 aliphatic rings. The van der Waals surface area contributed by atoms with Crippen LogP contribution in [0.4, 0.5) is 5.69 Å². The van der Waals surface area contributed by atoms with Gasteiger partial charge in [0.25, 0.3) is 0 Å². The van der Waals surface area contributed by atoms with Crippen molar-refractivity contribution in [2.45, 2.75) is 25.2 Å². The molecule has 4 nitrogen and oxygen atoms in total. The van der Waals surface area contributed by atoms with Crippen molar-refractivity contribution < 1.29 is 13.3 Å². The minimum absolute atomic E-state index is 0.808. The van der Waals surface area contributed by atoms with Gasteiger partial charge in [0.05, 0.1) is 8.07 Å². The molecular formula is C13H25NO3Si2. The van der Waals surface area contributed by atoms with E-state index in [0.717, 1.165) is 17.8 Å². The summed E-state index contributed by atoms with van der Waals surface area (Å²) in [5, 5.41) is 1.40. The first kappa shape index (κ1) is 16.4. The summed E-state index contributed by atoms with van der Waals surface area (Å²) >= 11 is 0. The van der Waals surface area contributed by atoms with E-state index in [1.54, 1.807) is 21.3 Å². The van der Waals surface area contributed by atoms with Gasteiger partial charge >= 0.3 is 8.80 Å². The largest absolute Gasteiger partial charge is 0.499 e. The molecule has 0 bridgehead atoms. The molecule has 1 aromatic rings. The van der Waals surface area contributed by atoms with E-state index in [4.69, 9.17) is 19.0 Å². The maximum absolute atomic E-state index is 5.74. The van der Waals surface area contributed by atoms with Crippen LogP contribution in [-0.2, 0) is 13.3 Å². The van der Waals surface area contributed by atoms with Crippen LogP contribution < -0.4 is 10.9 Å². The van der Waals surface area contributed by atoms with Crippen LogP contribution in [0.25, 0.3) is 0 Å². The molecule has 0 heterocycles. The Morgan fingerprint density at radius 2 is 1.37 bits per heavy atom. The van der Waals surface area contributed by atoms with Gasteiger partial charge in [-0.1, -0.05) is 30.4 Å². The zero-order chi connectivity index (χ0) is 14.5. The van der Waals surface area contributed by atoms with E-state index in [1.807, 2.05) is 12.1 Å². The highest BCUT2D eigenvalue weighted by Gasteiger charge is 2.40. The fourth-order valence-electron chi connectivity index (χ4n) is 2.10. The van der Waals surface area contributed by atoms with E-state index in [-0.39, 0.29) is 0 Å². The van der Waals surface area contributed by atoms with Crippen LogP contribution in [-0.4, -0.2) is 38.2 Å². The van der Waals surface area contributed by atoms with Crippen molar-refractivity contribution in [1.82, 2.24) is 0 Å². The third-order valence-corrected chi connectivity index (χ3v) is 10.3. The maximum atomic E-state index is 5.74. The van der Waals surface area contributed by atoms with Crippen molar-refractivity contribution >= 4 is 27.8 Å². The van der Waals surface area contributed by atoms with E-state index in [1.165, 1.54) is 5.19 Å². The molecule has 1 aromatic carbocycles. The number of hydrogen-bond acceptors (Lipinski definition) is 4. The Hall–Kier alpha value is -0.666. The summed E-state index contributed by atoms with van der Waals surface area (Å²) in [6.07, 6.45) is 0. The monoisotopic (exact) mass is 299 g/mol. The first-order valence-corrected chi connectivity index (χ1v) is 11.5. The molecule has 6 heteroatoms. The molecule has 2 N–H and O–H groups in total. The van der Waals surface area contributed by atoms with Gasteiger partial charge in [-0.05, 0) is 18.2 Å². The fraction of sp³-hybridized carbons (Fsp3) is 0.538. The van der Waals surface area contributed by atoms with E-state index in [9.17, 15) is 0 Å². The Kier molecular flexibility index (Phi) is 5.75. The van der Waals surface area contributed by atoms with E-state index < -0.39 is 16.9 Å². The van der Waals surface area contributed by atoms with Gasteiger partial charge in [0.2, 0.25) is 0 Å². The molecule has 0 unspecified atom stereocenters. The number of rotatable bonds is 7. The van der Waals surface area contributed by atoms with Crippen molar-refractivity contribution in [2.75, 3.05) is 27.1 Å². The highest BCUT2D eigenvalue weighted by atomic mass is 28.4. The molecule has 0 saturated carbocycles. The van der Waals surface area contributed by atoms with E-state index in [2.05, 4.69) is 25.2 Å². The third kappa shape index (κ3) is 4.15. The van der Waals surface area contributed by atoms with Crippen LogP contribution in [0.2, 0.25) is 25.2 Å². The molecular weight excluding hydrogens is 274 g/mol. The summed E-state index contributed by atoms with van der Waals surface area (Å²) < 4.78 is 16.4. The Morgan fingerprint density at radius 3 is 1.79 bits per heavy atom. The lowest BCUT2D eigenvalue weighted by Gasteiger charge is -2.29. The van der Waals surface area contributed by atoms with E-state index in [0.29, 0.717) is 0 Å². The SMILES string of the molecule is CO[Si](CC[Si](C)(C)c1ccc(N)cc1)(OC)OC. The minimum atomic E-state index is -2.46. The minimum Gasteiger partial charge on any atom is -0.399 e. The second-order valence-corrected chi connectivity index (χ2v) is 13.2. The van der Waals surface area contributed by atoms with Gasteiger partial charge in [-0.15, -0.1) is 0 Å². The van der Waals surface area contributed by atoms with Crippen LogP contribution >= 0.6 is 0 Å². The standard InChI is InChI=1S/C13H25NO3Si2/c1-15-19(16-2,17-3)11-10-18(4,5)13-8-6-12(14)7-9-13/h6-9H,10-11,14H2,1-5H3. The molecule has 0 spiro atoms. The van der Waals surface area contributed by atoms with Gasteiger partial charge < -0.3 is 19.0 Å². The number of hydrogen-bond donors (Lipinski definition) is 1. The number of anilines is 1. The van der Waals surface area contributed by atoms with Crippen molar-refractivity contribution in [2.24, 2.45) is 0 Å². The Bertz CT molecular complexity index is 383. The van der Waals surface area contributed by atoms with Gasteiger partial charge in [-0.3, -0.25) is 0 Å². The van der Waals surface area contributed by atoms with Gasteiger partial charge in [0.1, 0.15) is 0 Å². The average Bonchev–Trinajstić information content (AvgIpc) is 2.41. The maximum Gasteiger partial charge on any atom is 0.499 e. The lowest BCUT2D eigenvalue weighted by atomic mass is 10.3. The van der Waals surface area contributed by atoms with Gasteiger partial charge in [-0.25, -0.2) is 0 Å². The first-order valence-electron chi connectivity index (χ1n) is 6.40.